The topological polar surface area (TPSA) is 21.6 Å². The molecular formula is C17H16FNO. The molecule has 1 heterocycles. The Balaban J connectivity index is 1.87. The van der Waals surface area contributed by atoms with Crippen molar-refractivity contribution in [3.05, 3.63) is 71.3 Å². The molecule has 0 fully saturated rings. The SMILES string of the molecule is Cc1ccc([C@H]2OC(c3ccccc3)=N[C@@H]2CF)cc1. The number of ether oxygens (including phenoxy) is 1. The molecule has 2 aromatic carbocycles. The van der Waals surface area contributed by atoms with E-state index < -0.39 is 12.7 Å². The summed E-state index contributed by atoms with van der Waals surface area (Å²) in [6.45, 7) is 1.51. The predicted molar refractivity (Wildman–Crippen MR) is 77.7 cm³/mol. The summed E-state index contributed by atoms with van der Waals surface area (Å²) in [5, 5.41) is 0. The molecule has 0 amide bonds. The Morgan fingerprint density at radius 1 is 1.05 bits per heavy atom. The zero-order valence-corrected chi connectivity index (χ0v) is 11.3. The van der Waals surface area contributed by atoms with Crippen molar-refractivity contribution in [2.45, 2.75) is 19.1 Å². The van der Waals surface area contributed by atoms with E-state index in [1.165, 1.54) is 5.56 Å². The van der Waals surface area contributed by atoms with Gasteiger partial charge < -0.3 is 4.74 Å². The van der Waals surface area contributed by atoms with Crippen LogP contribution in [0.4, 0.5) is 4.39 Å². The summed E-state index contributed by atoms with van der Waals surface area (Å²) < 4.78 is 19.1. The number of nitrogens with zero attached hydrogens (tertiary/aromatic N) is 1. The van der Waals surface area contributed by atoms with Gasteiger partial charge in [0.15, 0.2) is 6.10 Å². The summed E-state index contributed by atoms with van der Waals surface area (Å²) >= 11 is 0. The van der Waals surface area contributed by atoms with Gasteiger partial charge in [0.1, 0.15) is 12.7 Å². The van der Waals surface area contributed by atoms with Crippen molar-refractivity contribution in [2.24, 2.45) is 4.99 Å². The predicted octanol–water partition coefficient (Wildman–Crippen LogP) is 3.85. The van der Waals surface area contributed by atoms with E-state index in [1.807, 2.05) is 61.5 Å². The normalized spacial score (nSPS) is 21.4. The lowest BCUT2D eigenvalue weighted by Gasteiger charge is -2.16. The summed E-state index contributed by atoms with van der Waals surface area (Å²) in [6, 6.07) is 17.1. The van der Waals surface area contributed by atoms with Gasteiger partial charge in [-0.1, -0.05) is 48.0 Å². The molecule has 2 atom stereocenters. The molecular weight excluding hydrogens is 253 g/mol. The average Bonchev–Trinajstić information content (AvgIpc) is 2.93. The molecule has 20 heavy (non-hydrogen) atoms. The summed E-state index contributed by atoms with van der Waals surface area (Å²) in [6.07, 6.45) is -0.337. The fraction of sp³-hybridized carbons (Fsp3) is 0.235. The maximum Gasteiger partial charge on any atom is 0.217 e. The Kier molecular flexibility index (Phi) is 3.50. The van der Waals surface area contributed by atoms with Crippen molar-refractivity contribution in [3.63, 3.8) is 0 Å². The Morgan fingerprint density at radius 3 is 2.40 bits per heavy atom. The van der Waals surface area contributed by atoms with Crippen molar-refractivity contribution in [1.29, 1.82) is 0 Å². The van der Waals surface area contributed by atoms with Gasteiger partial charge in [0, 0.05) is 5.56 Å². The van der Waals surface area contributed by atoms with Crippen LogP contribution in [0, 0.1) is 6.92 Å². The monoisotopic (exact) mass is 269 g/mol. The summed E-state index contributed by atoms with van der Waals surface area (Å²) in [5.74, 6) is 0.527. The third-order valence-electron chi connectivity index (χ3n) is 3.46. The Labute approximate surface area is 117 Å². The second-order valence-corrected chi connectivity index (χ2v) is 4.97. The molecule has 0 saturated carbocycles. The van der Waals surface area contributed by atoms with E-state index in [9.17, 15) is 4.39 Å². The minimum Gasteiger partial charge on any atom is -0.467 e. The van der Waals surface area contributed by atoms with Gasteiger partial charge in [-0.15, -0.1) is 0 Å². The molecule has 1 aliphatic rings. The molecule has 3 heteroatoms. The van der Waals surface area contributed by atoms with E-state index in [0.29, 0.717) is 5.90 Å². The Hall–Kier alpha value is -2.16. The highest BCUT2D eigenvalue weighted by atomic mass is 19.1. The molecule has 0 aromatic heterocycles. The van der Waals surface area contributed by atoms with Gasteiger partial charge in [0.05, 0.1) is 0 Å². The summed E-state index contributed by atoms with van der Waals surface area (Å²) in [4.78, 5) is 4.38. The molecule has 102 valence electrons. The maximum absolute atomic E-state index is 13.2. The van der Waals surface area contributed by atoms with Crippen LogP contribution < -0.4 is 0 Å². The van der Waals surface area contributed by atoms with E-state index in [-0.39, 0.29) is 6.10 Å². The minimum absolute atomic E-state index is 0.337. The number of hydrogen-bond acceptors (Lipinski definition) is 2. The summed E-state index contributed by atoms with van der Waals surface area (Å²) in [7, 11) is 0. The van der Waals surface area contributed by atoms with E-state index in [4.69, 9.17) is 4.74 Å². The second-order valence-electron chi connectivity index (χ2n) is 4.97. The second kappa shape index (κ2) is 5.45. The molecule has 0 radical (unpaired) electrons. The maximum atomic E-state index is 13.2. The van der Waals surface area contributed by atoms with Gasteiger partial charge in [-0.3, -0.25) is 0 Å². The van der Waals surface area contributed by atoms with Gasteiger partial charge in [-0.05, 0) is 24.6 Å². The fourth-order valence-electron chi connectivity index (χ4n) is 2.33. The quantitative estimate of drug-likeness (QED) is 0.829. The van der Waals surface area contributed by atoms with Crippen LogP contribution in [0.5, 0.6) is 0 Å². The van der Waals surface area contributed by atoms with Crippen molar-refractivity contribution < 1.29 is 9.13 Å². The third kappa shape index (κ3) is 2.44. The lowest BCUT2D eigenvalue weighted by Crippen LogP contribution is -2.16. The van der Waals surface area contributed by atoms with Crippen LogP contribution in [-0.4, -0.2) is 18.6 Å². The third-order valence-corrected chi connectivity index (χ3v) is 3.46. The van der Waals surface area contributed by atoms with E-state index in [1.54, 1.807) is 0 Å². The highest BCUT2D eigenvalue weighted by Crippen LogP contribution is 2.31. The molecule has 0 N–H and O–H groups in total. The van der Waals surface area contributed by atoms with Crippen molar-refractivity contribution in [1.82, 2.24) is 0 Å². The highest BCUT2D eigenvalue weighted by Gasteiger charge is 2.32. The average molecular weight is 269 g/mol. The van der Waals surface area contributed by atoms with Crippen LogP contribution in [-0.2, 0) is 4.74 Å². The van der Waals surface area contributed by atoms with Crippen LogP contribution in [0.2, 0.25) is 0 Å². The molecule has 0 bridgehead atoms. The number of aliphatic imine (C=N–C) groups is 1. The van der Waals surface area contributed by atoms with Crippen LogP contribution in [0.3, 0.4) is 0 Å². The van der Waals surface area contributed by atoms with Crippen molar-refractivity contribution in [3.8, 4) is 0 Å². The Morgan fingerprint density at radius 2 is 1.75 bits per heavy atom. The van der Waals surface area contributed by atoms with Crippen LogP contribution in [0.25, 0.3) is 0 Å². The number of hydrogen-bond donors (Lipinski definition) is 0. The first-order valence-corrected chi connectivity index (χ1v) is 6.70. The number of alkyl halides is 1. The van der Waals surface area contributed by atoms with Crippen LogP contribution >= 0.6 is 0 Å². The lowest BCUT2D eigenvalue weighted by atomic mass is 10.0. The van der Waals surface area contributed by atoms with Crippen LogP contribution in [0.1, 0.15) is 22.8 Å². The molecule has 2 aromatic rings. The van der Waals surface area contributed by atoms with Crippen molar-refractivity contribution >= 4 is 5.90 Å². The van der Waals surface area contributed by atoms with E-state index >= 15 is 0 Å². The van der Waals surface area contributed by atoms with Crippen molar-refractivity contribution in [2.75, 3.05) is 6.67 Å². The van der Waals surface area contributed by atoms with Gasteiger partial charge in [0.25, 0.3) is 0 Å². The standard InChI is InChI=1S/C17H16FNO/c1-12-7-9-13(10-8-12)16-15(11-18)19-17(20-16)14-5-3-2-4-6-14/h2-10,15-16H,11H2,1H3/t15-,16-/m1/s1. The first-order chi connectivity index (χ1) is 9.78. The number of benzene rings is 2. The number of rotatable bonds is 3. The largest absolute Gasteiger partial charge is 0.467 e. The highest BCUT2D eigenvalue weighted by molar-refractivity contribution is 5.95. The molecule has 0 spiro atoms. The molecule has 1 aliphatic heterocycles. The number of aryl methyl sites for hydroxylation is 1. The number of halogens is 1. The fourth-order valence-corrected chi connectivity index (χ4v) is 2.33. The van der Waals surface area contributed by atoms with Gasteiger partial charge in [-0.2, -0.15) is 0 Å². The lowest BCUT2D eigenvalue weighted by molar-refractivity contribution is 0.181. The first kappa shape index (κ1) is 12.9. The van der Waals surface area contributed by atoms with E-state index in [0.717, 1.165) is 11.1 Å². The smallest absolute Gasteiger partial charge is 0.217 e. The molecule has 3 rings (SSSR count). The molecule has 0 saturated heterocycles. The Bertz CT molecular complexity index is 607. The van der Waals surface area contributed by atoms with Crippen LogP contribution in [0.15, 0.2) is 59.6 Å². The zero-order chi connectivity index (χ0) is 13.9. The van der Waals surface area contributed by atoms with Gasteiger partial charge >= 0.3 is 0 Å². The van der Waals surface area contributed by atoms with Gasteiger partial charge in [-0.25, -0.2) is 9.38 Å². The minimum atomic E-state index is -0.519. The summed E-state index contributed by atoms with van der Waals surface area (Å²) in [5.41, 5.74) is 3.03. The van der Waals surface area contributed by atoms with Gasteiger partial charge in [0.2, 0.25) is 5.90 Å². The zero-order valence-electron chi connectivity index (χ0n) is 11.3. The molecule has 0 aliphatic carbocycles. The molecule has 2 nitrogen and oxygen atoms in total. The first-order valence-electron chi connectivity index (χ1n) is 6.70. The van der Waals surface area contributed by atoms with E-state index in [2.05, 4.69) is 4.99 Å². The molecule has 0 unspecified atom stereocenters.